The highest BCUT2D eigenvalue weighted by Gasteiger charge is 2.27. The van der Waals surface area contributed by atoms with Gasteiger partial charge in [0, 0.05) is 18.9 Å². The quantitative estimate of drug-likeness (QED) is 0.739. The molecule has 1 saturated heterocycles. The van der Waals surface area contributed by atoms with E-state index in [2.05, 4.69) is 5.10 Å². The molecule has 1 unspecified atom stereocenters. The van der Waals surface area contributed by atoms with Crippen LogP contribution >= 0.6 is 0 Å². The number of aromatic nitrogens is 2. The minimum atomic E-state index is -0.856. The Morgan fingerprint density at radius 3 is 3.00 bits per heavy atom. The lowest BCUT2D eigenvalue weighted by molar-refractivity contribution is 0.0733. The van der Waals surface area contributed by atoms with Crippen LogP contribution in [0, 0.1) is 0 Å². The van der Waals surface area contributed by atoms with E-state index in [1.807, 2.05) is 12.3 Å². The molecule has 1 aliphatic rings. The summed E-state index contributed by atoms with van der Waals surface area (Å²) >= 11 is 0. The highest BCUT2D eigenvalue weighted by atomic mass is 16.4. The first-order chi connectivity index (χ1) is 6.79. The molecule has 1 aliphatic heterocycles. The van der Waals surface area contributed by atoms with Crippen LogP contribution in [0.4, 0.5) is 4.79 Å². The lowest BCUT2D eigenvalue weighted by atomic mass is 10.1. The smallest absolute Gasteiger partial charge is 0.409 e. The molecule has 1 fully saturated rings. The molecule has 0 radical (unpaired) electrons. The molecule has 1 atom stereocenters. The minimum Gasteiger partial charge on any atom is -0.465 e. The summed E-state index contributed by atoms with van der Waals surface area (Å²) in [6.45, 7) is 0.611. The van der Waals surface area contributed by atoms with Crippen LogP contribution in [0.5, 0.6) is 0 Å². The Balaban J connectivity index is 2.18. The lowest BCUT2D eigenvalue weighted by Crippen LogP contribution is -2.40. The van der Waals surface area contributed by atoms with Gasteiger partial charge in [0.2, 0.25) is 0 Å². The van der Waals surface area contributed by atoms with Crippen molar-refractivity contribution in [3.8, 4) is 0 Å². The number of hydrogen-bond donors (Lipinski definition) is 1. The average Bonchev–Trinajstić information content (AvgIpc) is 2.70. The van der Waals surface area contributed by atoms with Gasteiger partial charge < -0.3 is 5.11 Å². The number of carbonyl (C=O) groups is 1. The predicted octanol–water partition coefficient (Wildman–Crippen LogP) is 1.55. The second-order valence-electron chi connectivity index (χ2n) is 3.44. The molecule has 14 heavy (non-hydrogen) atoms. The van der Waals surface area contributed by atoms with E-state index in [0.717, 1.165) is 19.3 Å². The third kappa shape index (κ3) is 1.57. The Hall–Kier alpha value is -1.52. The van der Waals surface area contributed by atoms with Gasteiger partial charge in [-0.2, -0.15) is 5.10 Å². The van der Waals surface area contributed by atoms with Crippen molar-refractivity contribution in [3.63, 3.8) is 0 Å². The van der Waals surface area contributed by atoms with Gasteiger partial charge in [0.25, 0.3) is 0 Å². The third-order valence-corrected chi connectivity index (χ3v) is 2.55. The summed E-state index contributed by atoms with van der Waals surface area (Å²) in [5.74, 6) is 0. The van der Waals surface area contributed by atoms with Crippen LogP contribution in [-0.2, 0) is 0 Å². The maximum absolute atomic E-state index is 10.9. The van der Waals surface area contributed by atoms with E-state index in [0.29, 0.717) is 6.54 Å². The summed E-state index contributed by atoms with van der Waals surface area (Å²) in [6.07, 6.45) is 5.38. The second-order valence-corrected chi connectivity index (χ2v) is 3.44. The van der Waals surface area contributed by atoms with Crippen molar-refractivity contribution in [3.05, 3.63) is 18.5 Å². The molecule has 2 heterocycles. The number of nitrogens with zero attached hydrogens (tertiary/aromatic N) is 3. The van der Waals surface area contributed by atoms with Gasteiger partial charge in [-0.3, -0.25) is 4.90 Å². The molecule has 5 nitrogen and oxygen atoms in total. The summed E-state index contributed by atoms with van der Waals surface area (Å²) in [5.41, 5.74) is 0. The van der Waals surface area contributed by atoms with E-state index in [1.54, 1.807) is 10.9 Å². The van der Waals surface area contributed by atoms with Crippen molar-refractivity contribution in [2.45, 2.75) is 25.4 Å². The van der Waals surface area contributed by atoms with Gasteiger partial charge in [-0.25, -0.2) is 9.48 Å². The summed E-state index contributed by atoms with van der Waals surface area (Å²) in [5, 5.41) is 13.1. The van der Waals surface area contributed by atoms with Gasteiger partial charge in [0.1, 0.15) is 6.17 Å². The fourth-order valence-corrected chi connectivity index (χ4v) is 1.87. The summed E-state index contributed by atoms with van der Waals surface area (Å²) in [6, 6.07) is 1.81. The number of piperidine rings is 1. The Bertz CT molecular complexity index is 310. The number of amides is 1. The fraction of sp³-hybridized carbons (Fsp3) is 0.556. The molecular weight excluding hydrogens is 182 g/mol. The maximum atomic E-state index is 10.9. The minimum absolute atomic E-state index is 0.115. The van der Waals surface area contributed by atoms with Gasteiger partial charge in [0.15, 0.2) is 0 Å². The molecule has 5 heteroatoms. The van der Waals surface area contributed by atoms with E-state index in [1.165, 1.54) is 4.90 Å². The van der Waals surface area contributed by atoms with E-state index in [4.69, 9.17) is 5.11 Å². The number of rotatable bonds is 1. The van der Waals surface area contributed by atoms with E-state index >= 15 is 0 Å². The van der Waals surface area contributed by atoms with Crippen molar-refractivity contribution < 1.29 is 9.90 Å². The predicted molar refractivity (Wildman–Crippen MR) is 49.8 cm³/mol. The standard InChI is InChI=1S/C9H13N3O2/c13-9(14)11-6-2-1-4-8(11)12-7-3-5-10-12/h3,5,7-8H,1-2,4,6H2,(H,13,14). The fourth-order valence-electron chi connectivity index (χ4n) is 1.87. The Labute approximate surface area is 81.9 Å². The molecule has 2 rings (SSSR count). The third-order valence-electron chi connectivity index (χ3n) is 2.55. The summed E-state index contributed by atoms with van der Waals surface area (Å²) < 4.78 is 1.72. The zero-order valence-corrected chi connectivity index (χ0v) is 7.83. The first-order valence-corrected chi connectivity index (χ1v) is 4.78. The molecule has 1 amide bonds. The van der Waals surface area contributed by atoms with E-state index in [-0.39, 0.29) is 6.17 Å². The molecular formula is C9H13N3O2. The maximum Gasteiger partial charge on any atom is 0.409 e. The van der Waals surface area contributed by atoms with Crippen LogP contribution in [-0.4, -0.2) is 32.4 Å². The molecule has 1 aromatic rings. The van der Waals surface area contributed by atoms with Crippen LogP contribution in [0.25, 0.3) is 0 Å². The highest BCUT2D eigenvalue weighted by molar-refractivity contribution is 5.65. The van der Waals surface area contributed by atoms with E-state index < -0.39 is 6.09 Å². The van der Waals surface area contributed by atoms with Crippen molar-refractivity contribution in [2.75, 3.05) is 6.54 Å². The van der Waals surface area contributed by atoms with Crippen molar-refractivity contribution in [1.82, 2.24) is 14.7 Å². The van der Waals surface area contributed by atoms with Crippen LogP contribution in [0.15, 0.2) is 18.5 Å². The Kier molecular flexibility index (Phi) is 2.39. The van der Waals surface area contributed by atoms with Gasteiger partial charge in [-0.1, -0.05) is 0 Å². The topological polar surface area (TPSA) is 58.4 Å². The zero-order chi connectivity index (χ0) is 9.97. The first-order valence-electron chi connectivity index (χ1n) is 4.78. The molecule has 0 spiro atoms. The number of hydrogen-bond acceptors (Lipinski definition) is 2. The Morgan fingerprint density at radius 1 is 1.50 bits per heavy atom. The number of likely N-dealkylation sites (tertiary alicyclic amines) is 1. The molecule has 0 bridgehead atoms. The van der Waals surface area contributed by atoms with Crippen LogP contribution in [0.1, 0.15) is 25.4 Å². The molecule has 1 N–H and O–H groups in total. The van der Waals surface area contributed by atoms with Crippen LogP contribution < -0.4 is 0 Å². The van der Waals surface area contributed by atoms with Crippen molar-refractivity contribution in [2.24, 2.45) is 0 Å². The van der Waals surface area contributed by atoms with Crippen molar-refractivity contribution in [1.29, 1.82) is 0 Å². The number of carboxylic acid groups (broad SMARTS) is 1. The van der Waals surface area contributed by atoms with Crippen LogP contribution in [0.2, 0.25) is 0 Å². The monoisotopic (exact) mass is 195 g/mol. The molecule has 0 aliphatic carbocycles. The van der Waals surface area contributed by atoms with Gasteiger partial charge in [-0.15, -0.1) is 0 Å². The highest BCUT2D eigenvalue weighted by Crippen LogP contribution is 2.24. The molecule has 1 aromatic heterocycles. The van der Waals surface area contributed by atoms with Crippen molar-refractivity contribution >= 4 is 6.09 Å². The van der Waals surface area contributed by atoms with Gasteiger partial charge >= 0.3 is 6.09 Å². The second kappa shape index (κ2) is 3.69. The SMILES string of the molecule is O=C(O)N1CCCCC1n1cccn1. The first kappa shape index (κ1) is 9.05. The Morgan fingerprint density at radius 2 is 2.36 bits per heavy atom. The average molecular weight is 195 g/mol. The van der Waals surface area contributed by atoms with E-state index in [9.17, 15) is 4.79 Å². The molecule has 0 aromatic carbocycles. The normalized spacial score (nSPS) is 22.3. The molecule has 0 saturated carbocycles. The van der Waals surface area contributed by atoms with Crippen LogP contribution in [0.3, 0.4) is 0 Å². The van der Waals surface area contributed by atoms with Gasteiger partial charge in [-0.05, 0) is 25.3 Å². The summed E-state index contributed by atoms with van der Waals surface area (Å²) in [7, 11) is 0. The summed E-state index contributed by atoms with van der Waals surface area (Å²) in [4.78, 5) is 12.4. The zero-order valence-electron chi connectivity index (χ0n) is 7.83. The molecule has 76 valence electrons. The lowest BCUT2D eigenvalue weighted by Gasteiger charge is -2.33. The van der Waals surface area contributed by atoms with Gasteiger partial charge in [0.05, 0.1) is 0 Å². The largest absolute Gasteiger partial charge is 0.465 e.